The van der Waals surface area contributed by atoms with E-state index in [1.54, 1.807) is 13.2 Å². The molecule has 0 aromatic carbocycles. The molecule has 0 aliphatic carbocycles. The molecule has 0 saturated carbocycles. The van der Waals surface area contributed by atoms with E-state index in [0.29, 0.717) is 31.2 Å². The first-order chi connectivity index (χ1) is 13.3. The predicted octanol–water partition coefficient (Wildman–Crippen LogP) is 3.64. The van der Waals surface area contributed by atoms with Crippen molar-refractivity contribution >= 4 is 12.0 Å². The summed E-state index contributed by atoms with van der Waals surface area (Å²) in [5.74, 6) is 1.06. The van der Waals surface area contributed by atoms with Crippen molar-refractivity contribution < 1.29 is 18.7 Å². The maximum Gasteiger partial charge on any atom is 0.407 e. The number of hydrogen-bond acceptors (Lipinski definition) is 4. The van der Waals surface area contributed by atoms with Gasteiger partial charge in [0.25, 0.3) is 5.91 Å². The highest BCUT2D eigenvalue weighted by atomic mass is 16.5. The number of aryl methyl sites for hydroxylation is 1. The van der Waals surface area contributed by atoms with E-state index in [-0.39, 0.29) is 11.9 Å². The van der Waals surface area contributed by atoms with Crippen molar-refractivity contribution in [2.24, 2.45) is 5.92 Å². The van der Waals surface area contributed by atoms with E-state index in [0.717, 1.165) is 23.6 Å². The Morgan fingerprint density at radius 2 is 2.04 bits per heavy atom. The van der Waals surface area contributed by atoms with Gasteiger partial charge in [-0.15, -0.1) is 0 Å². The number of nitrogens with one attached hydrogen (secondary N) is 2. The molecule has 7 nitrogen and oxygen atoms in total. The molecule has 0 aliphatic heterocycles. The molecule has 2 amide bonds. The molecule has 154 valence electrons. The van der Waals surface area contributed by atoms with Gasteiger partial charge in [0.15, 0.2) is 0 Å². The number of hydrogen-bond donors (Lipinski definition) is 2. The number of carbonyl (C=O) groups excluding carboxylic acids is 2. The van der Waals surface area contributed by atoms with Crippen LogP contribution in [0.1, 0.15) is 54.7 Å². The second-order valence-corrected chi connectivity index (χ2v) is 7.35. The van der Waals surface area contributed by atoms with Gasteiger partial charge in [0.05, 0.1) is 25.0 Å². The average molecular weight is 389 g/mol. The fraction of sp³-hybridized carbons (Fsp3) is 0.524. The van der Waals surface area contributed by atoms with Gasteiger partial charge in [0.2, 0.25) is 0 Å². The third-order valence-electron chi connectivity index (χ3n) is 4.57. The molecular formula is C21H31N3O4. The number of carbonyl (C=O) groups is 2. The quantitative estimate of drug-likeness (QED) is 0.686. The second kappa shape index (κ2) is 10.0. The Kier molecular flexibility index (Phi) is 7.72. The van der Waals surface area contributed by atoms with Gasteiger partial charge in [-0.2, -0.15) is 0 Å². The van der Waals surface area contributed by atoms with Gasteiger partial charge < -0.3 is 24.4 Å². The molecule has 2 aromatic heterocycles. The minimum absolute atomic E-state index is 0.154. The Labute approximate surface area is 166 Å². The smallest absolute Gasteiger partial charge is 0.407 e. The molecule has 0 radical (unpaired) electrons. The minimum Gasteiger partial charge on any atom is -0.467 e. The lowest BCUT2D eigenvalue weighted by molar-refractivity contribution is 0.0943. The van der Waals surface area contributed by atoms with Crippen LogP contribution in [0.2, 0.25) is 0 Å². The second-order valence-electron chi connectivity index (χ2n) is 7.35. The highest BCUT2D eigenvalue weighted by molar-refractivity contribution is 5.95. The van der Waals surface area contributed by atoms with Crippen LogP contribution in [0, 0.1) is 19.8 Å². The van der Waals surface area contributed by atoms with Crippen molar-refractivity contribution in [1.29, 1.82) is 0 Å². The first kappa shape index (κ1) is 21.6. The molecule has 7 heteroatoms. The van der Waals surface area contributed by atoms with Crippen molar-refractivity contribution in [3.63, 3.8) is 0 Å². The molecule has 0 saturated heterocycles. The molecule has 28 heavy (non-hydrogen) atoms. The van der Waals surface area contributed by atoms with Crippen LogP contribution in [0.25, 0.3) is 0 Å². The summed E-state index contributed by atoms with van der Waals surface area (Å²) < 4.78 is 12.4. The molecule has 2 aromatic rings. The number of rotatable bonds is 9. The molecular weight excluding hydrogens is 358 g/mol. The fourth-order valence-corrected chi connectivity index (χ4v) is 3.25. The Balaban J connectivity index is 2.03. The maximum absolute atomic E-state index is 12.7. The fourth-order valence-electron chi connectivity index (χ4n) is 3.25. The summed E-state index contributed by atoms with van der Waals surface area (Å²) in [5, 5.41) is 5.77. The number of alkyl carbamates (subject to hydrolysis) is 1. The topological polar surface area (TPSA) is 85.5 Å². The van der Waals surface area contributed by atoms with Crippen molar-refractivity contribution in [3.05, 3.63) is 47.2 Å². The molecule has 1 atom stereocenters. The monoisotopic (exact) mass is 389 g/mol. The Bertz CT molecular complexity index is 778. The van der Waals surface area contributed by atoms with Gasteiger partial charge in [-0.05, 0) is 51.3 Å². The summed E-state index contributed by atoms with van der Waals surface area (Å²) in [6.07, 6.45) is 1.93. The maximum atomic E-state index is 12.7. The van der Waals surface area contributed by atoms with Crippen LogP contribution in [0.15, 0.2) is 28.9 Å². The van der Waals surface area contributed by atoms with Gasteiger partial charge in [-0.25, -0.2) is 4.79 Å². The lowest BCUT2D eigenvalue weighted by atomic mass is 10.0. The zero-order valence-corrected chi connectivity index (χ0v) is 17.4. The van der Waals surface area contributed by atoms with Gasteiger partial charge in [-0.3, -0.25) is 4.79 Å². The van der Waals surface area contributed by atoms with Crippen LogP contribution in [0.4, 0.5) is 4.79 Å². The third kappa shape index (κ3) is 5.90. The number of amides is 2. The van der Waals surface area contributed by atoms with Crippen LogP contribution >= 0.6 is 0 Å². The van der Waals surface area contributed by atoms with Crippen LogP contribution in [0.5, 0.6) is 0 Å². The summed E-state index contributed by atoms with van der Waals surface area (Å²) in [7, 11) is 0. The predicted molar refractivity (Wildman–Crippen MR) is 107 cm³/mol. The lowest BCUT2D eigenvalue weighted by Gasteiger charge is -2.20. The van der Waals surface area contributed by atoms with Crippen molar-refractivity contribution in [1.82, 2.24) is 15.2 Å². The summed E-state index contributed by atoms with van der Waals surface area (Å²) in [4.78, 5) is 24.5. The number of nitrogens with zero attached hydrogens (tertiary/aromatic N) is 1. The molecule has 0 fully saturated rings. The van der Waals surface area contributed by atoms with Gasteiger partial charge in [-0.1, -0.05) is 13.8 Å². The Morgan fingerprint density at radius 3 is 2.64 bits per heavy atom. The SMILES string of the molecule is CCOC(=O)NC(CNC(=O)c1cc(C)n(Cc2ccco2)c1C)CC(C)C. The molecule has 1 unspecified atom stereocenters. The summed E-state index contributed by atoms with van der Waals surface area (Å²) >= 11 is 0. The average Bonchev–Trinajstić information content (AvgIpc) is 3.23. The normalized spacial score (nSPS) is 12.1. The largest absolute Gasteiger partial charge is 0.467 e. The van der Waals surface area contributed by atoms with Crippen LogP contribution < -0.4 is 10.6 Å². The highest BCUT2D eigenvalue weighted by Gasteiger charge is 2.19. The number of ether oxygens (including phenoxy) is 1. The van der Waals surface area contributed by atoms with E-state index in [2.05, 4.69) is 29.0 Å². The number of aromatic nitrogens is 1. The van der Waals surface area contributed by atoms with Crippen molar-refractivity contribution in [2.75, 3.05) is 13.2 Å². The molecule has 0 aliphatic rings. The third-order valence-corrected chi connectivity index (χ3v) is 4.57. The summed E-state index contributed by atoms with van der Waals surface area (Å²) in [5.41, 5.74) is 2.50. The van der Waals surface area contributed by atoms with Crippen molar-refractivity contribution in [2.45, 2.75) is 53.6 Å². The van der Waals surface area contributed by atoms with E-state index in [1.165, 1.54) is 0 Å². The molecule has 0 spiro atoms. The highest BCUT2D eigenvalue weighted by Crippen LogP contribution is 2.17. The zero-order valence-electron chi connectivity index (χ0n) is 17.4. The summed E-state index contributed by atoms with van der Waals surface area (Å²) in [6.45, 7) is 11.0. The first-order valence-electron chi connectivity index (χ1n) is 9.72. The summed E-state index contributed by atoms with van der Waals surface area (Å²) in [6, 6.07) is 5.46. The van der Waals surface area contributed by atoms with E-state index < -0.39 is 6.09 Å². The van der Waals surface area contributed by atoms with Crippen molar-refractivity contribution in [3.8, 4) is 0 Å². The van der Waals surface area contributed by atoms with Gasteiger partial charge >= 0.3 is 6.09 Å². The van der Waals surface area contributed by atoms with E-state index in [4.69, 9.17) is 9.15 Å². The van der Waals surface area contributed by atoms with Gasteiger partial charge in [0.1, 0.15) is 5.76 Å². The zero-order chi connectivity index (χ0) is 20.7. The standard InChI is InChI=1S/C21H31N3O4/c1-6-27-21(26)23-17(10-14(2)3)12-22-20(25)19-11-15(4)24(16(19)5)13-18-8-7-9-28-18/h7-9,11,14,17H,6,10,12-13H2,1-5H3,(H,22,25)(H,23,26). The minimum atomic E-state index is -0.459. The Morgan fingerprint density at radius 1 is 1.29 bits per heavy atom. The van der Waals surface area contributed by atoms with E-state index in [9.17, 15) is 9.59 Å². The number of furan rings is 1. The van der Waals surface area contributed by atoms with E-state index >= 15 is 0 Å². The van der Waals surface area contributed by atoms with Crippen LogP contribution in [0.3, 0.4) is 0 Å². The van der Waals surface area contributed by atoms with E-state index in [1.807, 2.05) is 32.0 Å². The van der Waals surface area contributed by atoms with Crippen LogP contribution in [-0.2, 0) is 11.3 Å². The Hall–Kier alpha value is -2.70. The van der Waals surface area contributed by atoms with Crippen LogP contribution in [-0.4, -0.2) is 35.8 Å². The van der Waals surface area contributed by atoms with Gasteiger partial charge in [0, 0.05) is 24.0 Å². The first-order valence-corrected chi connectivity index (χ1v) is 9.72. The lowest BCUT2D eigenvalue weighted by Crippen LogP contribution is -2.44. The molecule has 0 bridgehead atoms. The molecule has 2 rings (SSSR count). The molecule has 2 N–H and O–H groups in total. The molecule has 2 heterocycles.